The molecule has 0 radical (unpaired) electrons. The predicted octanol–water partition coefficient (Wildman–Crippen LogP) is 2.94. The number of benzene rings is 2. The Morgan fingerprint density at radius 3 is 2.60 bits per heavy atom. The van der Waals surface area contributed by atoms with Gasteiger partial charge in [-0.2, -0.15) is 0 Å². The zero-order chi connectivity index (χ0) is 21.3. The molecule has 2 aromatic carbocycles. The van der Waals surface area contributed by atoms with Crippen molar-refractivity contribution in [3.05, 3.63) is 70.3 Å². The molecule has 1 amide bonds. The van der Waals surface area contributed by atoms with E-state index in [2.05, 4.69) is 10.3 Å². The van der Waals surface area contributed by atoms with Gasteiger partial charge in [0.25, 0.3) is 11.5 Å². The molecule has 0 aliphatic heterocycles. The summed E-state index contributed by atoms with van der Waals surface area (Å²) in [5.41, 5.74) is 3.06. The maximum Gasteiger partial charge on any atom is 0.326 e. The molecule has 0 saturated carbocycles. The molecule has 0 fully saturated rings. The van der Waals surface area contributed by atoms with Crippen LogP contribution < -0.4 is 10.9 Å². The molecule has 1 N–H and O–H groups in total. The lowest BCUT2D eigenvalue weighted by Gasteiger charge is -2.11. The predicted molar refractivity (Wildman–Crippen MR) is 111 cm³/mol. The third-order valence-electron chi connectivity index (χ3n) is 4.76. The summed E-state index contributed by atoms with van der Waals surface area (Å²) in [5, 5.41) is 3.46. The van der Waals surface area contributed by atoms with E-state index in [0.29, 0.717) is 16.8 Å². The first-order chi connectivity index (χ1) is 14.4. The highest BCUT2D eigenvalue weighted by Gasteiger charge is 2.16. The molecule has 0 unspecified atom stereocenters. The van der Waals surface area contributed by atoms with E-state index in [9.17, 15) is 14.4 Å². The molecule has 4 aromatic rings. The van der Waals surface area contributed by atoms with Crippen LogP contribution in [0, 0.1) is 13.8 Å². The minimum atomic E-state index is -0.731. The molecule has 4 rings (SSSR count). The minimum Gasteiger partial charge on any atom is -0.454 e. The monoisotopic (exact) mass is 405 g/mol. The van der Waals surface area contributed by atoms with Gasteiger partial charge in [-0.15, -0.1) is 0 Å². The van der Waals surface area contributed by atoms with Crippen molar-refractivity contribution < 1.29 is 18.7 Å². The summed E-state index contributed by atoms with van der Waals surface area (Å²) in [6.07, 6.45) is 1.27. The SMILES string of the molecule is Cc1cccc(C)c1NC(=O)COC(=O)Cn1cnc2c(oc3ccccc32)c1=O. The van der Waals surface area contributed by atoms with Crippen molar-refractivity contribution in [1.29, 1.82) is 0 Å². The number of aryl methyl sites for hydroxylation is 2. The lowest BCUT2D eigenvalue weighted by molar-refractivity contribution is -0.147. The molecular formula is C22H19N3O5. The van der Waals surface area contributed by atoms with E-state index < -0.39 is 24.0 Å². The molecule has 8 heteroatoms. The Balaban J connectivity index is 1.43. The number of anilines is 1. The summed E-state index contributed by atoms with van der Waals surface area (Å²) in [4.78, 5) is 41.1. The summed E-state index contributed by atoms with van der Waals surface area (Å²) in [5.74, 6) is -1.19. The number of fused-ring (bicyclic) bond motifs is 3. The van der Waals surface area contributed by atoms with Gasteiger partial charge in [0, 0.05) is 11.1 Å². The zero-order valence-corrected chi connectivity index (χ0v) is 16.5. The number of carbonyl (C=O) groups is 2. The molecule has 0 spiro atoms. The Bertz CT molecular complexity index is 1320. The number of nitrogens with zero attached hydrogens (tertiary/aromatic N) is 2. The molecule has 2 aromatic heterocycles. The minimum absolute atomic E-state index is 0.0688. The Labute approximate surface area is 171 Å². The van der Waals surface area contributed by atoms with Crippen molar-refractivity contribution in [2.45, 2.75) is 20.4 Å². The Kier molecular flexibility index (Phi) is 5.05. The second-order valence-corrected chi connectivity index (χ2v) is 6.93. The fourth-order valence-electron chi connectivity index (χ4n) is 3.25. The summed E-state index contributed by atoms with van der Waals surface area (Å²) < 4.78 is 11.7. The average molecular weight is 405 g/mol. The number of para-hydroxylation sites is 2. The highest BCUT2D eigenvalue weighted by atomic mass is 16.5. The van der Waals surface area contributed by atoms with E-state index >= 15 is 0 Å². The van der Waals surface area contributed by atoms with Crippen molar-refractivity contribution >= 4 is 39.6 Å². The third-order valence-corrected chi connectivity index (χ3v) is 4.76. The van der Waals surface area contributed by atoms with Crippen LogP contribution in [0.15, 0.2) is 58.0 Å². The van der Waals surface area contributed by atoms with Crippen LogP contribution >= 0.6 is 0 Å². The number of nitrogens with one attached hydrogen (secondary N) is 1. The van der Waals surface area contributed by atoms with Gasteiger partial charge < -0.3 is 14.5 Å². The fourth-order valence-corrected chi connectivity index (χ4v) is 3.25. The summed E-state index contributed by atoms with van der Waals surface area (Å²) in [6, 6.07) is 12.8. The summed E-state index contributed by atoms with van der Waals surface area (Å²) in [7, 11) is 0. The smallest absolute Gasteiger partial charge is 0.326 e. The van der Waals surface area contributed by atoms with Crippen LogP contribution in [-0.2, 0) is 20.9 Å². The van der Waals surface area contributed by atoms with Gasteiger partial charge in [0.1, 0.15) is 17.6 Å². The van der Waals surface area contributed by atoms with E-state index in [-0.39, 0.29) is 12.1 Å². The molecule has 152 valence electrons. The largest absolute Gasteiger partial charge is 0.454 e. The fraction of sp³-hybridized carbons (Fsp3) is 0.182. The second-order valence-electron chi connectivity index (χ2n) is 6.93. The number of aromatic nitrogens is 2. The first-order valence-corrected chi connectivity index (χ1v) is 9.32. The van der Waals surface area contributed by atoms with E-state index in [1.54, 1.807) is 18.2 Å². The van der Waals surface area contributed by atoms with Gasteiger partial charge in [-0.05, 0) is 37.1 Å². The maximum absolute atomic E-state index is 12.6. The number of ether oxygens (including phenoxy) is 1. The lowest BCUT2D eigenvalue weighted by atomic mass is 10.1. The van der Waals surface area contributed by atoms with Crippen LogP contribution in [0.3, 0.4) is 0 Å². The Morgan fingerprint density at radius 2 is 1.83 bits per heavy atom. The van der Waals surface area contributed by atoms with Crippen molar-refractivity contribution in [3.63, 3.8) is 0 Å². The van der Waals surface area contributed by atoms with E-state index in [1.165, 1.54) is 6.33 Å². The van der Waals surface area contributed by atoms with Gasteiger partial charge >= 0.3 is 5.97 Å². The highest BCUT2D eigenvalue weighted by molar-refractivity contribution is 6.01. The number of hydrogen-bond donors (Lipinski definition) is 1. The van der Waals surface area contributed by atoms with Crippen LogP contribution in [0.4, 0.5) is 5.69 Å². The van der Waals surface area contributed by atoms with E-state index in [1.807, 2.05) is 38.1 Å². The first-order valence-electron chi connectivity index (χ1n) is 9.32. The van der Waals surface area contributed by atoms with Gasteiger partial charge in [-0.3, -0.25) is 19.0 Å². The third kappa shape index (κ3) is 3.67. The number of rotatable bonds is 5. The topological polar surface area (TPSA) is 103 Å². The van der Waals surface area contributed by atoms with E-state index in [0.717, 1.165) is 21.1 Å². The molecule has 0 bridgehead atoms. The van der Waals surface area contributed by atoms with Crippen LogP contribution in [0.5, 0.6) is 0 Å². The van der Waals surface area contributed by atoms with Crippen LogP contribution in [0.2, 0.25) is 0 Å². The number of carbonyl (C=O) groups excluding carboxylic acids is 2. The summed E-state index contributed by atoms with van der Waals surface area (Å²) in [6.45, 7) is 2.92. The van der Waals surface area contributed by atoms with Gasteiger partial charge in [0.15, 0.2) is 6.61 Å². The standard InChI is InChI=1S/C22H19N3O5/c1-13-6-5-7-14(2)19(13)24-17(26)11-29-18(27)10-25-12-23-20-15-8-3-4-9-16(15)30-21(20)22(25)28/h3-9,12H,10-11H2,1-2H3,(H,24,26). The quantitative estimate of drug-likeness (QED) is 0.512. The molecule has 0 atom stereocenters. The van der Waals surface area contributed by atoms with Crippen molar-refractivity contribution in [1.82, 2.24) is 9.55 Å². The molecule has 2 heterocycles. The van der Waals surface area contributed by atoms with Crippen molar-refractivity contribution in [2.24, 2.45) is 0 Å². The number of esters is 1. The zero-order valence-electron chi connectivity index (χ0n) is 16.5. The second kappa shape index (κ2) is 7.82. The van der Waals surface area contributed by atoms with Gasteiger partial charge in [-0.25, -0.2) is 4.98 Å². The number of furan rings is 1. The average Bonchev–Trinajstić information content (AvgIpc) is 3.11. The summed E-state index contributed by atoms with van der Waals surface area (Å²) >= 11 is 0. The highest BCUT2D eigenvalue weighted by Crippen LogP contribution is 2.24. The molecular weight excluding hydrogens is 386 g/mol. The number of amides is 1. The molecule has 0 aliphatic rings. The van der Waals surface area contributed by atoms with E-state index in [4.69, 9.17) is 9.15 Å². The van der Waals surface area contributed by atoms with Crippen LogP contribution in [0.1, 0.15) is 11.1 Å². The Morgan fingerprint density at radius 1 is 1.10 bits per heavy atom. The molecule has 8 nitrogen and oxygen atoms in total. The van der Waals surface area contributed by atoms with Gasteiger partial charge in [-0.1, -0.05) is 30.3 Å². The Hall–Kier alpha value is -3.94. The normalized spacial score (nSPS) is 11.0. The molecule has 0 saturated heterocycles. The lowest BCUT2D eigenvalue weighted by Crippen LogP contribution is -2.28. The molecule has 0 aliphatic carbocycles. The maximum atomic E-state index is 12.6. The van der Waals surface area contributed by atoms with Crippen molar-refractivity contribution in [2.75, 3.05) is 11.9 Å². The number of hydrogen-bond acceptors (Lipinski definition) is 6. The van der Waals surface area contributed by atoms with Gasteiger partial charge in [0.05, 0.1) is 6.33 Å². The molecule has 30 heavy (non-hydrogen) atoms. The first kappa shape index (κ1) is 19.4. The van der Waals surface area contributed by atoms with Crippen molar-refractivity contribution in [3.8, 4) is 0 Å². The van der Waals surface area contributed by atoms with Gasteiger partial charge in [0.2, 0.25) is 5.58 Å². The van der Waals surface area contributed by atoms with Crippen LogP contribution in [-0.4, -0.2) is 28.0 Å². The van der Waals surface area contributed by atoms with Crippen LogP contribution in [0.25, 0.3) is 22.1 Å².